The molecule has 6 rings (SSSR count). The highest BCUT2D eigenvalue weighted by molar-refractivity contribution is 7.92. The predicted molar refractivity (Wildman–Crippen MR) is 162 cm³/mol. The van der Waals surface area contributed by atoms with Crippen molar-refractivity contribution in [2.45, 2.75) is 18.7 Å². The zero-order valence-electron chi connectivity index (χ0n) is 22.5. The Labute approximate surface area is 253 Å². The van der Waals surface area contributed by atoms with Crippen LogP contribution in [-0.2, 0) is 14.8 Å². The quantitative estimate of drug-likeness (QED) is 0.242. The SMILES string of the molecule is CCOC(=O)c1c(C)nc2sc3c(=O)n(-c4ccc(S(=O)(=O)Nc5ncccn5)cc4)nnc3c2c1-c1ccc(Cl)cc1. The monoisotopic (exact) mass is 633 g/mol. The molecule has 0 bridgehead atoms. The second-order valence-corrected chi connectivity index (χ2v) is 12.2. The molecule has 12 nitrogen and oxygen atoms in total. The molecule has 0 radical (unpaired) electrons. The summed E-state index contributed by atoms with van der Waals surface area (Å²) in [5.41, 5.74) is 1.95. The summed E-state index contributed by atoms with van der Waals surface area (Å²) in [5.74, 6) is -0.625. The van der Waals surface area contributed by atoms with Gasteiger partial charge in [-0.15, -0.1) is 16.4 Å². The number of carbonyl (C=O) groups excluding carboxylic acids is 1. The Hall–Kier alpha value is -4.79. The molecule has 43 heavy (non-hydrogen) atoms. The lowest BCUT2D eigenvalue weighted by molar-refractivity contribution is 0.0526. The van der Waals surface area contributed by atoms with E-state index in [9.17, 15) is 18.0 Å². The van der Waals surface area contributed by atoms with Crippen LogP contribution in [0.3, 0.4) is 0 Å². The molecule has 2 aromatic carbocycles. The molecule has 6 aromatic rings. The van der Waals surface area contributed by atoms with E-state index in [0.717, 1.165) is 16.0 Å². The normalized spacial score (nSPS) is 11.6. The summed E-state index contributed by atoms with van der Waals surface area (Å²) in [4.78, 5) is 39.6. The third kappa shape index (κ3) is 5.20. The van der Waals surface area contributed by atoms with Gasteiger partial charge in [0.1, 0.15) is 15.0 Å². The molecule has 0 atom stereocenters. The van der Waals surface area contributed by atoms with Crippen molar-refractivity contribution in [2.24, 2.45) is 0 Å². The second-order valence-electron chi connectivity index (χ2n) is 9.11. The average Bonchev–Trinajstić information content (AvgIpc) is 3.36. The van der Waals surface area contributed by atoms with Gasteiger partial charge in [0.2, 0.25) is 5.95 Å². The summed E-state index contributed by atoms with van der Waals surface area (Å²) in [7, 11) is -3.98. The second kappa shape index (κ2) is 11.1. The number of aromatic nitrogens is 6. The lowest BCUT2D eigenvalue weighted by atomic mass is 9.96. The van der Waals surface area contributed by atoms with Crippen LogP contribution < -0.4 is 10.3 Å². The average molecular weight is 634 g/mol. The first kappa shape index (κ1) is 28.3. The van der Waals surface area contributed by atoms with Crippen LogP contribution in [0.2, 0.25) is 5.02 Å². The number of rotatable bonds is 7. The Bertz CT molecular complexity index is 2190. The number of pyridine rings is 1. The minimum Gasteiger partial charge on any atom is -0.462 e. The van der Waals surface area contributed by atoms with Gasteiger partial charge in [-0.3, -0.25) is 4.79 Å². The van der Waals surface area contributed by atoms with E-state index in [-0.39, 0.29) is 33.2 Å². The molecule has 15 heteroatoms. The number of nitrogens with zero attached hydrogens (tertiary/aromatic N) is 6. The van der Waals surface area contributed by atoms with E-state index < -0.39 is 21.6 Å². The molecule has 0 saturated heterocycles. The minimum absolute atomic E-state index is 0.0635. The van der Waals surface area contributed by atoms with Gasteiger partial charge in [0, 0.05) is 28.4 Å². The van der Waals surface area contributed by atoms with Crippen molar-refractivity contribution in [1.82, 2.24) is 29.9 Å². The molecule has 0 unspecified atom stereocenters. The molecule has 0 spiro atoms. The number of fused-ring (bicyclic) bond motifs is 3. The van der Waals surface area contributed by atoms with E-state index in [1.165, 1.54) is 36.7 Å². The van der Waals surface area contributed by atoms with Gasteiger partial charge in [0.25, 0.3) is 15.6 Å². The van der Waals surface area contributed by atoms with Crippen LogP contribution >= 0.6 is 22.9 Å². The lowest BCUT2D eigenvalue weighted by Crippen LogP contribution is -2.22. The van der Waals surface area contributed by atoms with E-state index in [0.29, 0.717) is 37.7 Å². The molecule has 0 saturated carbocycles. The highest BCUT2D eigenvalue weighted by atomic mass is 35.5. The number of esters is 1. The predicted octanol–water partition coefficient (Wildman–Crippen LogP) is 4.79. The Morgan fingerprint density at radius 3 is 2.44 bits per heavy atom. The number of sulfonamides is 1. The van der Waals surface area contributed by atoms with E-state index in [4.69, 9.17) is 16.3 Å². The van der Waals surface area contributed by atoms with Crippen LogP contribution in [0.5, 0.6) is 0 Å². The Morgan fingerprint density at radius 1 is 1.07 bits per heavy atom. The van der Waals surface area contributed by atoms with Gasteiger partial charge in [0.05, 0.1) is 28.4 Å². The van der Waals surface area contributed by atoms with E-state index in [1.807, 2.05) is 0 Å². The third-order valence-corrected chi connectivity index (χ3v) is 9.07. The topological polar surface area (TPSA) is 159 Å². The maximum absolute atomic E-state index is 13.7. The zero-order valence-corrected chi connectivity index (χ0v) is 24.9. The molecule has 4 aromatic heterocycles. The number of hydrogen-bond donors (Lipinski definition) is 1. The van der Waals surface area contributed by atoms with Gasteiger partial charge in [-0.1, -0.05) is 28.9 Å². The molecular formula is C28H20ClN7O5S2. The zero-order chi connectivity index (χ0) is 30.3. The maximum Gasteiger partial charge on any atom is 0.340 e. The number of ether oxygens (including phenoxy) is 1. The van der Waals surface area contributed by atoms with Gasteiger partial charge in [-0.2, -0.15) is 4.68 Å². The maximum atomic E-state index is 13.7. The highest BCUT2D eigenvalue weighted by Crippen LogP contribution is 2.40. The van der Waals surface area contributed by atoms with Crippen molar-refractivity contribution in [3.63, 3.8) is 0 Å². The van der Waals surface area contributed by atoms with Crippen LogP contribution in [0.1, 0.15) is 23.0 Å². The fourth-order valence-corrected chi connectivity index (χ4v) is 6.69. The van der Waals surface area contributed by atoms with Crippen molar-refractivity contribution in [1.29, 1.82) is 0 Å². The van der Waals surface area contributed by atoms with E-state index in [1.54, 1.807) is 44.2 Å². The van der Waals surface area contributed by atoms with E-state index >= 15 is 0 Å². The summed E-state index contributed by atoms with van der Waals surface area (Å²) in [6.07, 6.45) is 2.83. The molecule has 0 aliphatic carbocycles. The van der Waals surface area contributed by atoms with Gasteiger partial charge in [-0.25, -0.2) is 32.9 Å². The summed E-state index contributed by atoms with van der Waals surface area (Å²) < 4.78 is 34.5. The number of halogens is 1. The van der Waals surface area contributed by atoms with Gasteiger partial charge < -0.3 is 4.74 Å². The fourth-order valence-electron chi connectivity index (χ4n) is 4.52. The van der Waals surface area contributed by atoms with Crippen molar-refractivity contribution in [2.75, 3.05) is 11.3 Å². The minimum atomic E-state index is -3.98. The fraction of sp³-hybridized carbons (Fsp3) is 0.107. The van der Waals surface area contributed by atoms with Crippen LogP contribution in [0.15, 0.2) is 76.7 Å². The molecule has 1 N–H and O–H groups in total. The number of benzene rings is 2. The Morgan fingerprint density at radius 2 is 1.77 bits per heavy atom. The van der Waals surface area contributed by atoms with Crippen LogP contribution in [0.25, 0.3) is 37.2 Å². The van der Waals surface area contributed by atoms with Crippen molar-refractivity contribution in [3.05, 3.63) is 93.6 Å². The number of nitrogens with one attached hydrogen (secondary N) is 1. The molecule has 216 valence electrons. The number of hydrogen-bond acceptors (Lipinski definition) is 11. The molecule has 0 amide bonds. The van der Waals surface area contributed by atoms with Crippen molar-refractivity contribution in [3.8, 4) is 16.8 Å². The molecule has 0 aliphatic rings. The van der Waals surface area contributed by atoms with Crippen LogP contribution in [-0.4, -0.2) is 50.9 Å². The number of aryl methyl sites for hydroxylation is 1. The van der Waals surface area contributed by atoms with Gasteiger partial charge in [-0.05, 0) is 61.9 Å². The smallest absolute Gasteiger partial charge is 0.340 e. The van der Waals surface area contributed by atoms with Crippen LogP contribution in [0.4, 0.5) is 5.95 Å². The molecule has 0 fully saturated rings. The number of carbonyl (C=O) groups is 1. The summed E-state index contributed by atoms with van der Waals surface area (Å²) in [6, 6.07) is 14.1. The van der Waals surface area contributed by atoms with Crippen molar-refractivity contribution >= 4 is 65.3 Å². The molecular weight excluding hydrogens is 614 g/mol. The molecule has 0 aliphatic heterocycles. The summed E-state index contributed by atoms with van der Waals surface area (Å²) in [5, 5.41) is 9.53. The number of anilines is 1. The number of thiophene rings is 1. The largest absolute Gasteiger partial charge is 0.462 e. The van der Waals surface area contributed by atoms with Crippen LogP contribution in [0, 0.1) is 6.92 Å². The Balaban J connectivity index is 1.48. The summed E-state index contributed by atoms with van der Waals surface area (Å²) >= 11 is 7.25. The first-order chi connectivity index (χ1) is 20.7. The summed E-state index contributed by atoms with van der Waals surface area (Å²) in [6.45, 7) is 3.58. The standard InChI is InChI=1S/C28H20ClN7O5S2/c1-3-41-27(38)20-15(2)32-25-22(21(20)16-5-7-17(29)8-6-16)23-24(42-25)26(37)36(35-33-23)18-9-11-19(12-10-18)43(39,40)34-28-30-13-4-14-31-28/h4-14H,3H2,1-2H3,(H,30,31,34). The van der Waals surface area contributed by atoms with E-state index in [2.05, 4.69) is 30.0 Å². The van der Waals surface area contributed by atoms with Gasteiger partial charge in [0.15, 0.2) is 0 Å². The first-order valence-corrected chi connectivity index (χ1v) is 15.4. The third-order valence-electron chi connectivity index (χ3n) is 6.41. The van der Waals surface area contributed by atoms with Crippen molar-refractivity contribution < 1.29 is 17.9 Å². The first-order valence-electron chi connectivity index (χ1n) is 12.7. The van der Waals surface area contributed by atoms with Gasteiger partial charge >= 0.3 is 5.97 Å². The highest BCUT2D eigenvalue weighted by Gasteiger charge is 2.26. The lowest BCUT2D eigenvalue weighted by Gasteiger charge is -2.13. The Kier molecular flexibility index (Phi) is 7.33. The molecule has 4 heterocycles.